The minimum Gasteiger partial charge on any atom is -0.360 e. The monoisotopic (exact) mass is 421 g/mol. The van der Waals surface area contributed by atoms with Crippen LogP contribution in [0.25, 0.3) is 10.2 Å². The third-order valence-electron chi connectivity index (χ3n) is 4.61. The predicted octanol–water partition coefficient (Wildman–Crippen LogP) is 4.32. The molecule has 0 radical (unpaired) electrons. The van der Waals surface area contributed by atoms with Crippen LogP contribution >= 0.6 is 34.4 Å². The number of nitrogens with one attached hydrogen (secondary N) is 2. The van der Waals surface area contributed by atoms with Crippen LogP contribution in [0.4, 0.5) is 5.13 Å². The number of thiophene rings is 1. The third-order valence-corrected chi connectivity index (χ3v) is 7.79. The number of aryl methyl sites for hydroxylation is 1. The Bertz CT molecular complexity index is 1010. The van der Waals surface area contributed by atoms with Crippen LogP contribution in [0.2, 0.25) is 0 Å². The van der Waals surface area contributed by atoms with Crippen molar-refractivity contribution in [3.05, 3.63) is 26.6 Å². The van der Waals surface area contributed by atoms with Gasteiger partial charge in [-0.3, -0.25) is 4.79 Å². The highest BCUT2D eigenvalue weighted by atomic mass is 32.2. The number of nitrogens with zero attached hydrogens (tertiary/aromatic N) is 3. The van der Waals surface area contributed by atoms with Crippen LogP contribution in [-0.4, -0.2) is 26.7 Å². The molecular weight excluding hydrogens is 398 g/mol. The molecule has 2 N–H and O–H groups in total. The SMILES string of the molecule is CC(C)CNc1nnc(SCc2nc3sc4c(c3c(=O)[nH]2)CC[C@@H](C)C4)s1. The maximum Gasteiger partial charge on any atom is 0.259 e. The van der Waals surface area contributed by atoms with Crippen LogP contribution in [0, 0.1) is 11.8 Å². The molecule has 1 aliphatic rings. The van der Waals surface area contributed by atoms with E-state index in [0.717, 1.165) is 45.5 Å². The van der Waals surface area contributed by atoms with Crippen molar-refractivity contribution in [2.24, 2.45) is 11.8 Å². The van der Waals surface area contributed by atoms with E-state index in [-0.39, 0.29) is 5.56 Å². The second-order valence-electron chi connectivity index (χ2n) is 7.48. The topological polar surface area (TPSA) is 83.6 Å². The summed E-state index contributed by atoms with van der Waals surface area (Å²) in [6.45, 7) is 7.47. The second-order valence-corrected chi connectivity index (χ2v) is 10.8. The van der Waals surface area contributed by atoms with E-state index in [1.165, 1.54) is 21.8 Å². The number of thioether (sulfide) groups is 1. The van der Waals surface area contributed by atoms with E-state index in [9.17, 15) is 4.79 Å². The van der Waals surface area contributed by atoms with Gasteiger partial charge in [-0.2, -0.15) is 0 Å². The molecule has 9 heteroatoms. The van der Waals surface area contributed by atoms with Crippen molar-refractivity contribution in [2.45, 2.75) is 50.1 Å². The van der Waals surface area contributed by atoms with E-state index >= 15 is 0 Å². The fraction of sp³-hybridized carbons (Fsp3) is 0.556. The summed E-state index contributed by atoms with van der Waals surface area (Å²) >= 11 is 4.79. The quantitative estimate of drug-likeness (QED) is 0.577. The van der Waals surface area contributed by atoms with Crippen molar-refractivity contribution >= 4 is 49.8 Å². The molecule has 0 amide bonds. The highest BCUT2D eigenvalue weighted by Gasteiger charge is 2.23. The molecule has 6 nitrogen and oxygen atoms in total. The van der Waals surface area contributed by atoms with Gasteiger partial charge in [-0.1, -0.05) is 43.9 Å². The van der Waals surface area contributed by atoms with Gasteiger partial charge < -0.3 is 10.3 Å². The number of hydrogen-bond acceptors (Lipinski definition) is 8. The predicted molar refractivity (Wildman–Crippen MR) is 114 cm³/mol. The number of fused-ring (bicyclic) bond motifs is 3. The maximum absolute atomic E-state index is 12.6. The van der Waals surface area contributed by atoms with Gasteiger partial charge >= 0.3 is 0 Å². The standard InChI is InChI=1S/C18H23N5OS3/c1-9(2)7-19-17-22-23-18(27-17)25-8-13-20-15(24)14-11-5-4-10(3)6-12(11)26-16(14)21-13/h9-10H,4-8H2,1-3H3,(H,19,22)(H,20,21,24)/t10-/m1/s1. The molecule has 1 atom stereocenters. The molecule has 3 aromatic heterocycles. The molecule has 0 aromatic carbocycles. The van der Waals surface area contributed by atoms with Crippen molar-refractivity contribution in [3.8, 4) is 0 Å². The Kier molecular flexibility index (Phi) is 5.52. The summed E-state index contributed by atoms with van der Waals surface area (Å²) in [6, 6.07) is 0. The van der Waals surface area contributed by atoms with Crippen molar-refractivity contribution in [1.82, 2.24) is 20.2 Å². The van der Waals surface area contributed by atoms with Gasteiger partial charge in [-0.15, -0.1) is 21.5 Å². The Hall–Kier alpha value is -1.45. The minimum atomic E-state index is -0.000735. The molecule has 0 fully saturated rings. The van der Waals surface area contributed by atoms with Gasteiger partial charge in [0.1, 0.15) is 10.7 Å². The lowest BCUT2D eigenvalue weighted by Gasteiger charge is -2.17. The second kappa shape index (κ2) is 7.89. The molecule has 3 heterocycles. The van der Waals surface area contributed by atoms with Gasteiger partial charge in [0.2, 0.25) is 5.13 Å². The summed E-state index contributed by atoms with van der Waals surface area (Å²) in [5.74, 6) is 2.54. The number of aromatic nitrogens is 4. The molecule has 0 saturated heterocycles. The van der Waals surface area contributed by atoms with Crippen molar-refractivity contribution in [1.29, 1.82) is 0 Å². The van der Waals surface area contributed by atoms with E-state index in [4.69, 9.17) is 4.98 Å². The van der Waals surface area contributed by atoms with Gasteiger partial charge in [-0.25, -0.2) is 4.98 Å². The molecule has 1 aliphatic carbocycles. The molecule has 0 unspecified atom stereocenters. The molecule has 0 spiro atoms. The van der Waals surface area contributed by atoms with Crippen LogP contribution < -0.4 is 10.9 Å². The van der Waals surface area contributed by atoms with Crippen LogP contribution in [-0.2, 0) is 18.6 Å². The first-order chi connectivity index (χ1) is 13.0. The summed E-state index contributed by atoms with van der Waals surface area (Å²) in [5.41, 5.74) is 1.23. The van der Waals surface area contributed by atoms with Crippen LogP contribution in [0.5, 0.6) is 0 Å². The van der Waals surface area contributed by atoms with Crippen molar-refractivity contribution in [2.75, 3.05) is 11.9 Å². The lowest BCUT2D eigenvalue weighted by Crippen LogP contribution is -2.14. The fourth-order valence-corrected chi connectivity index (χ4v) is 6.25. The van der Waals surface area contributed by atoms with Crippen LogP contribution in [0.15, 0.2) is 9.13 Å². The van der Waals surface area contributed by atoms with Gasteiger partial charge in [-0.05, 0) is 36.7 Å². The van der Waals surface area contributed by atoms with Gasteiger partial charge in [0.05, 0.1) is 11.1 Å². The molecule has 0 aliphatic heterocycles. The van der Waals surface area contributed by atoms with E-state index < -0.39 is 0 Å². The summed E-state index contributed by atoms with van der Waals surface area (Å²) in [6.07, 6.45) is 3.21. The summed E-state index contributed by atoms with van der Waals surface area (Å²) in [7, 11) is 0. The Morgan fingerprint density at radius 2 is 2.19 bits per heavy atom. The summed E-state index contributed by atoms with van der Waals surface area (Å²) < 4.78 is 0.878. The average molecular weight is 422 g/mol. The Morgan fingerprint density at radius 3 is 3.00 bits per heavy atom. The lowest BCUT2D eigenvalue weighted by molar-refractivity contribution is 0.509. The maximum atomic E-state index is 12.6. The first kappa shape index (κ1) is 18.9. The largest absolute Gasteiger partial charge is 0.360 e. The zero-order valence-corrected chi connectivity index (χ0v) is 18.1. The number of anilines is 1. The Labute approximate surface area is 170 Å². The Morgan fingerprint density at radius 1 is 1.33 bits per heavy atom. The zero-order valence-electron chi connectivity index (χ0n) is 15.7. The number of aromatic amines is 1. The van der Waals surface area contributed by atoms with Crippen molar-refractivity contribution < 1.29 is 0 Å². The normalized spacial score (nSPS) is 16.8. The molecule has 144 valence electrons. The molecule has 4 rings (SSSR count). The Balaban J connectivity index is 1.49. The van der Waals surface area contributed by atoms with E-state index in [1.807, 2.05) is 0 Å². The van der Waals surface area contributed by atoms with Gasteiger partial charge in [0.25, 0.3) is 5.56 Å². The van der Waals surface area contributed by atoms with Crippen LogP contribution in [0.3, 0.4) is 0 Å². The van der Waals surface area contributed by atoms with Gasteiger partial charge in [0, 0.05) is 11.4 Å². The molecule has 0 saturated carbocycles. The van der Waals surface area contributed by atoms with E-state index in [1.54, 1.807) is 23.1 Å². The fourth-order valence-electron chi connectivity index (χ4n) is 3.22. The first-order valence-corrected chi connectivity index (χ1v) is 11.8. The third kappa shape index (κ3) is 4.20. The summed E-state index contributed by atoms with van der Waals surface area (Å²) in [5, 5.41) is 13.3. The first-order valence-electron chi connectivity index (χ1n) is 9.23. The number of H-pyrrole nitrogens is 1. The summed E-state index contributed by atoms with van der Waals surface area (Å²) in [4.78, 5) is 22.6. The molecular formula is C18H23N5OS3. The van der Waals surface area contributed by atoms with Gasteiger partial charge in [0.15, 0.2) is 4.34 Å². The highest BCUT2D eigenvalue weighted by molar-refractivity contribution is 8.00. The minimum absolute atomic E-state index is 0.000735. The molecule has 3 aromatic rings. The zero-order chi connectivity index (χ0) is 19.0. The van der Waals surface area contributed by atoms with Crippen LogP contribution in [0.1, 0.15) is 43.5 Å². The van der Waals surface area contributed by atoms with E-state index in [0.29, 0.717) is 23.4 Å². The number of hydrogen-bond donors (Lipinski definition) is 2. The average Bonchev–Trinajstić information content (AvgIpc) is 3.21. The molecule has 27 heavy (non-hydrogen) atoms. The highest BCUT2D eigenvalue weighted by Crippen LogP contribution is 2.36. The molecule has 0 bridgehead atoms. The van der Waals surface area contributed by atoms with E-state index in [2.05, 4.69) is 41.3 Å². The number of rotatable bonds is 6. The smallest absolute Gasteiger partial charge is 0.259 e. The van der Waals surface area contributed by atoms with Crippen molar-refractivity contribution in [3.63, 3.8) is 0 Å². The lowest BCUT2D eigenvalue weighted by atomic mass is 9.89.